The second-order valence-corrected chi connectivity index (χ2v) is 2.67. The number of thiazole rings is 1. The van der Waals surface area contributed by atoms with Crippen molar-refractivity contribution in [2.24, 2.45) is 0 Å². The van der Waals surface area contributed by atoms with E-state index in [0.717, 1.165) is 4.75 Å². The van der Waals surface area contributed by atoms with Crippen LogP contribution >= 0.6 is 20.6 Å². The minimum atomic E-state index is 0. The maximum atomic E-state index is 3.77. The molecule has 1 heterocycles. The van der Waals surface area contributed by atoms with Crippen LogP contribution in [0.5, 0.6) is 0 Å². The zero-order chi connectivity index (χ0) is 4.41. The molecule has 0 bridgehead atoms. The van der Waals surface area contributed by atoms with Gasteiger partial charge in [0, 0.05) is 21.1 Å². The van der Waals surface area contributed by atoms with Crippen molar-refractivity contribution >= 4 is 25.3 Å². The molecule has 0 saturated carbocycles. The Balaban J connectivity index is 0.000000360. The molecule has 0 aliphatic carbocycles. The van der Waals surface area contributed by atoms with E-state index < -0.39 is 0 Å². The molecule has 0 radical (unpaired) electrons. The third-order valence-corrected chi connectivity index (χ3v) is 1.50. The van der Waals surface area contributed by atoms with Crippen molar-refractivity contribution in [3.8, 4) is 0 Å². The fourth-order valence-corrected chi connectivity index (χ4v) is 0.813. The van der Waals surface area contributed by atoms with Crippen molar-refractivity contribution in [1.29, 1.82) is 0 Å². The number of rotatable bonds is 0. The zero-order valence-corrected chi connectivity index (χ0v) is 8.32. The van der Waals surface area contributed by atoms with Crippen molar-refractivity contribution in [2.75, 3.05) is 0 Å². The van der Waals surface area contributed by atoms with E-state index in [4.69, 9.17) is 0 Å². The average Bonchev–Trinajstić information content (AvgIpc) is 1.86. The van der Waals surface area contributed by atoms with Crippen molar-refractivity contribution < 1.29 is 21.1 Å². The second-order valence-electron chi connectivity index (χ2n) is 0.815. The summed E-state index contributed by atoms with van der Waals surface area (Å²) in [6, 6.07) is 0. The summed E-state index contributed by atoms with van der Waals surface area (Å²) >= 11 is 1.57. The van der Waals surface area contributed by atoms with Gasteiger partial charge in [-0.3, -0.25) is 0 Å². The maximum absolute atomic E-state index is 3.77. The Morgan fingerprint density at radius 3 is 2.71 bits per heavy atom. The quantitative estimate of drug-likeness (QED) is 0.500. The molecule has 1 aromatic heterocycles. The van der Waals surface area contributed by atoms with E-state index >= 15 is 0 Å². The van der Waals surface area contributed by atoms with E-state index in [1.54, 1.807) is 11.3 Å². The van der Waals surface area contributed by atoms with E-state index in [1.807, 2.05) is 5.38 Å². The van der Waals surface area contributed by atoms with Crippen LogP contribution in [0.2, 0.25) is 0 Å². The maximum Gasteiger partial charge on any atom is 0 e. The number of hydrogen-bond acceptors (Lipinski definition) is 2. The average molecular weight is 300 g/mol. The fraction of sp³-hybridized carbons (Fsp3) is 0. The number of nitrogens with zero attached hydrogens (tertiary/aromatic N) is 1. The van der Waals surface area contributed by atoms with Crippen LogP contribution < -0.4 is 4.75 Å². The molecule has 0 fully saturated rings. The molecule has 1 atom stereocenters. The van der Waals surface area contributed by atoms with Gasteiger partial charge in [-0.05, 0) is 4.75 Å². The van der Waals surface area contributed by atoms with Crippen molar-refractivity contribution in [3.05, 3.63) is 11.6 Å². The molecule has 0 aliphatic rings. The van der Waals surface area contributed by atoms with Gasteiger partial charge in [0.2, 0.25) is 0 Å². The Bertz CT molecular complexity index is 118. The van der Waals surface area contributed by atoms with Crippen LogP contribution in [0.1, 0.15) is 0 Å². The number of aromatic nitrogens is 1. The molecule has 38 valence electrons. The van der Waals surface area contributed by atoms with Crippen molar-refractivity contribution in [1.82, 2.24) is 4.98 Å². The van der Waals surface area contributed by atoms with Gasteiger partial charge in [0.05, 0.1) is 0 Å². The van der Waals surface area contributed by atoms with Crippen LogP contribution in [-0.4, -0.2) is 4.98 Å². The summed E-state index contributed by atoms with van der Waals surface area (Å²) < 4.78 is 0.995. The summed E-state index contributed by atoms with van der Waals surface area (Å²) in [5, 5.41) is 1.82. The summed E-state index contributed by atoms with van der Waals surface area (Å²) in [4.78, 5) is 3.77. The molecule has 1 unspecified atom stereocenters. The summed E-state index contributed by atoms with van der Waals surface area (Å²) in [7, 11) is 2.49. The van der Waals surface area contributed by atoms with E-state index in [-0.39, 0.29) is 21.1 Å². The molecular formula is C3H3NPSW-. The summed E-state index contributed by atoms with van der Waals surface area (Å²) in [5.41, 5.74) is 0. The normalized spacial score (nSPS) is 7.57. The van der Waals surface area contributed by atoms with Gasteiger partial charge in [0.1, 0.15) is 0 Å². The van der Waals surface area contributed by atoms with Crippen molar-refractivity contribution in [3.63, 3.8) is 0 Å². The Hall–Kier alpha value is 0.748. The first-order valence-corrected chi connectivity index (χ1v) is 2.92. The van der Waals surface area contributed by atoms with Gasteiger partial charge >= 0.3 is 0 Å². The van der Waals surface area contributed by atoms with E-state index in [0.29, 0.717) is 0 Å². The molecule has 1 aromatic rings. The fourth-order valence-electron chi connectivity index (χ4n) is 0.203. The predicted octanol–water partition coefficient (Wildman–Crippen LogP) is 0.441. The van der Waals surface area contributed by atoms with E-state index in [9.17, 15) is 0 Å². The third kappa shape index (κ3) is 2.53. The summed E-state index contributed by atoms with van der Waals surface area (Å²) in [6.45, 7) is 0. The van der Waals surface area contributed by atoms with Crippen LogP contribution in [0, 0.1) is 6.20 Å². The minimum Gasteiger partial charge on any atom is -0.442 e. The summed E-state index contributed by atoms with van der Waals surface area (Å²) in [5.74, 6) is 0. The molecule has 1 rings (SSSR count). The van der Waals surface area contributed by atoms with Crippen LogP contribution in [0.3, 0.4) is 0 Å². The third-order valence-electron chi connectivity index (χ3n) is 0.407. The van der Waals surface area contributed by atoms with Crippen LogP contribution in [0.4, 0.5) is 0 Å². The molecule has 0 aromatic carbocycles. The van der Waals surface area contributed by atoms with E-state index in [1.165, 1.54) is 0 Å². The molecular weight excluding hydrogens is 297 g/mol. The molecule has 0 saturated heterocycles. The molecule has 0 amide bonds. The predicted molar refractivity (Wildman–Crippen MR) is 30.3 cm³/mol. The first-order chi connectivity index (χ1) is 2.89. The monoisotopic (exact) mass is 300 g/mol. The molecule has 1 nitrogen and oxygen atoms in total. The Morgan fingerprint density at radius 2 is 2.57 bits per heavy atom. The van der Waals surface area contributed by atoms with Gasteiger partial charge in [-0.15, -0.1) is 6.20 Å². The number of hydrogen-bond donors (Lipinski definition) is 0. The van der Waals surface area contributed by atoms with Crippen LogP contribution in [0.25, 0.3) is 0 Å². The first-order valence-electron chi connectivity index (χ1n) is 1.46. The van der Waals surface area contributed by atoms with Gasteiger partial charge in [-0.2, -0.15) is 9.24 Å². The van der Waals surface area contributed by atoms with Gasteiger partial charge in [0.25, 0.3) is 0 Å². The Labute approximate surface area is 63.0 Å². The molecule has 0 spiro atoms. The molecule has 0 aliphatic heterocycles. The van der Waals surface area contributed by atoms with Crippen LogP contribution in [-0.2, 0) is 21.1 Å². The Kier molecular flexibility index (Phi) is 4.11. The molecule has 7 heavy (non-hydrogen) atoms. The first kappa shape index (κ1) is 7.75. The standard InChI is InChI=1S/C3H3NPS.W/c5-3-4-1-2-6-3;/h2H,5H2;/q-1;. The molecule has 4 heteroatoms. The Morgan fingerprint density at radius 1 is 1.86 bits per heavy atom. The zero-order valence-electron chi connectivity index (χ0n) is 3.42. The molecule has 0 N–H and O–H groups in total. The van der Waals surface area contributed by atoms with Crippen LogP contribution in [0.15, 0.2) is 5.38 Å². The SMILES string of the molecule is Pc1n[c-]cs1.[W]. The minimum absolute atomic E-state index is 0. The van der Waals surface area contributed by atoms with Gasteiger partial charge in [-0.25, -0.2) is 11.3 Å². The van der Waals surface area contributed by atoms with Gasteiger partial charge < -0.3 is 4.98 Å². The summed E-state index contributed by atoms with van der Waals surface area (Å²) in [6.07, 6.45) is 2.68. The smallest absolute Gasteiger partial charge is 0 e. The topological polar surface area (TPSA) is 12.9 Å². The largest absolute Gasteiger partial charge is 0.442 e. The van der Waals surface area contributed by atoms with Crippen molar-refractivity contribution in [2.45, 2.75) is 0 Å². The van der Waals surface area contributed by atoms with E-state index in [2.05, 4.69) is 20.4 Å². The van der Waals surface area contributed by atoms with Gasteiger partial charge in [-0.1, -0.05) is 5.38 Å². The second kappa shape index (κ2) is 3.71. The van der Waals surface area contributed by atoms with Gasteiger partial charge in [0.15, 0.2) is 0 Å².